The average molecular weight is 376 g/mol. The molecule has 5 nitrogen and oxygen atoms in total. The first-order chi connectivity index (χ1) is 12.7. The molecule has 1 aromatic carbocycles. The van der Waals surface area contributed by atoms with Crippen LogP contribution in [0, 0.1) is 0 Å². The third-order valence-electron chi connectivity index (χ3n) is 5.27. The number of anilines is 1. The number of benzene rings is 1. The van der Waals surface area contributed by atoms with E-state index in [9.17, 15) is 9.59 Å². The van der Waals surface area contributed by atoms with Crippen LogP contribution in [-0.4, -0.2) is 54.7 Å². The second-order valence-corrected chi connectivity index (χ2v) is 8.05. The van der Waals surface area contributed by atoms with Crippen LogP contribution in [0.2, 0.25) is 0 Å². The molecule has 6 heteroatoms. The van der Waals surface area contributed by atoms with Gasteiger partial charge >= 0.3 is 0 Å². The van der Waals surface area contributed by atoms with Gasteiger partial charge in [0.25, 0.3) is 0 Å². The van der Waals surface area contributed by atoms with Gasteiger partial charge in [-0.25, -0.2) is 0 Å². The molecule has 1 unspecified atom stereocenters. The van der Waals surface area contributed by atoms with E-state index in [1.165, 1.54) is 44.0 Å². The van der Waals surface area contributed by atoms with Crippen molar-refractivity contribution in [2.75, 3.05) is 36.8 Å². The van der Waals surface area contributed by atoms with Gasteiger partial charge in [-0.05, 0) is 44.4 Å². The molecular weight excluding hydrogens is 346 g/mol. The fraction of sp³-hybridized carbons (Fsp3) is 0.600. The second kappa shape index (κ2) is 9.42. The summed E-state index contributed by atoms with van der Waals surface area (Å²) in [5.41, 5.74) is 0.850. The molecule has 1 atom stereocenters. The number of carbonyl (C=O) groups excluding carboxylic acids is 2. The minimum atomic E-state index is -0.0780. The van der Waals surface area contributed by atoms with Gasteiger partial charge in [-0.2, -0.15) is 0 Å². The van der Waals surface area contributed by atoms with Crippen molar-refractivity contribution in [2.24, 2.45) is 0 Å². The zero-order valence-electron chi connectivity index (χ0n) is 15.6. The molecule has 2 amide bonds. The van der Waals surface area contributed by atoms with Gasteiger partial charge in [-0.15, -0.1) is 11.8 Å². The van der Waals surface area contributed by atoms with Crippen molar-refractivity contribution in [1.29, 1.82) is 0 Å². The number of hydrogen-bond acceptors (Lipinski definition) is 4. The number of hydrogen-bond donors (Lipinski definition) is 1. The van der Waals surface area contributed by atoms with Crippen molar-refractivity contribution in [3.8, 4) is 0 Å². The maximum absolute atomic E-state index is 12.3. The summed E-state index contributed by atoms with van der Waals surface area (Å²) in [6.45, 7) is 5.27. The van der Waals surface area contributed by atoms with Crippen LogP contribution in [0.25, 0.3) is 0 Å². The van der Waals surface area contributed by atoms with Crippen LogP contribution < -0.4 is 10.2 Å². The Labute approximate surface area is 160 Å². The lowest BCUT2D eigenvalue weighted by molar-refractivity contribution is -0.123. The van der Waals surface area contributed by atoms with Crippen LogP contribution in [0.1, 0.15) is 39.0 Å². The van der Waals surface area contributed by atoms with E-state index < -0.39 is 0 Å². The molecule has 142 valence electrons. The molecule has 0 saturated carbocycles. The van der Waals surface area contributed by atoms with E-state index in [0.717, 1.165) is 23.5 Å². The molecule has 1 N–H and O–H groups in total. The van der Waals surface area contributed by atoms with Gasteiger partial charge in [0, 0.05) is 24.0 Å². The normalized spacial score (nSPS) is 20.7. The van der Waals surface area contributed by atoms with Crippen LogP contribution in [0.3, 0.4) is 0 Å². The lowest BCUT2D eigenvalue weighted by atomic mass is 10.00. The molecule has 0 aliphatic carbocycles. The zero-order chi connectivity index (χ0) is 18.4. The van der Waals surface area contributed by atoms with Crippen molar-refractivity contribution >= 4 is 29.3 Å². The first-order valence-corrected chi connectivity index (χ1v) is 10.7. The number of nitrogens with zero attached hydrogens (tertiary/aromatic N) is 2. The lowest BCUT2D eigenvalue weighted by Crippen LogP contribution is -2.44. The first kappa shape index (κ1) is 19.2. The Balaban J connectivity index is 1.44. The summed E-state index contributed by atoms with van der Waals surface area (Å²) in [5, 5.41) is 2.99. The number of amides is 2. The Kier molecular flexibility index (Phi) is 6.97. The van der Waals surface area contributed by atoms with E-state index in [1.807, 2.05) is 24.3 Å². The zero-order valence-corrected chi connectivity index (χ0v) is 16.4. The standard InChI is InChI=1S/C20H29N3O2S/c1-2-16-8-5-6-12-22(16)13-7-11-21-19(24)14-23-17-9-3-4-10-18(17)26-15-20(23)25/h3-4,9-10,16H,2,5-8,11-15H2,1H3,(H,21,24). The van der Waals surface area contributed by atoms with Gasteiger partial charge in [0.1, 0.15) is 6.54 Å². The molecule has 3 rings (SSSR count). The van der Waals surface area contributed by atoms with Crippen LogP contribution in [0.5, 0.6) is 0 Å². The van der Waals surface area contributed by atoms with Crippen molar-refractivity contribution in [2.45, 2.75) is 50.0 Å². The summed E-state index contributed by atoms with van der Waals surface area (Å²) < 4.78 is 0. The highest BCUT2D eigenvalue weighted by atomic mass is 32.2. The molecule has 2 heterocycles. The number of carbonyl (C=O) groups is 2. The fourth-order valence-electron chi connectivity index (χ4n) is 3.85. The Morgan fingerprint density at radius 3 is 3.00 bits per heavy atom. The summed E-state index contributed by atoms with van der Waals surface area (Å²) in [6.07, 6.45) is 6.10. The molecule has 0 radical (unpaired) electrons. The summed E-state index contributed by atoms with van der Waals surface area (Å²) in [6, 6.07) is 8.49. The number of piperidine rings is 1. The molecule has 1 aromatic rings. The molecule has 26 heavy (non-hydrogen) atoms. The SMILES string of the molecule is CCC1CCCCN1CCCNC(=O)CN1C(=O)CSc2ccccc21. The monoisotopic (exact) mass is 375 g/mol. The molecule has 0 bridgehead atoms. The van der Waals surface area contributed by atoms with Crippen molar-refractivity contribution in [3.63, 3.8) is 0 Å². The molecule has 1 saturated heterocycles. The molecule has 2 aliphatic rings. The number of rotatable bonds is 7. The van der Waals surface area contributed by atoms with Crippen LogP contribution in [-0.2, 0) is 9.59 Å². The number of nitrogens with one attached hydrogen (secondary N) is 1. The highest BCUT2D eigenvalue weighted by Gasteiger charge is 2.26. The van der Waals surface area contributed by atoms with E-state index in [-0.39, 0.29) is 18.4 Å². The Morgan fingerprint density at radius 1 is 1.31 bits per heavy atom. The maximum Gasteiger partial charge on any atom is 0.240 e. The third-order valence-corrected chi connectivity index (χ3v) is 6.32. The predicted octanol–water partition coefficient (Wildman–Crippen LogP) is 2.90. The van der Waals surface area contributed by atoms with E-state index >= 15 is 0 Å². The van der Waals surface area contributed by atoms with Gasteiger partial charge < -0.3 is 15.1 Å². The summed E-state index contributed by atoms with van der Waals surface area (Å²) in [5.74, 6) is 0.325. The first-order valence-electron chi connectivity index (χ1n) is 9.72. The third kappa shape index (κ3) is 4.80. The smallest absolute Gasteiger partial charge is 0.240 e. The highest BCUT2D eigenvalue weighted by Crippen LogP contribution is 2.34. The van der Waals surface area contributed by atoms with E-state index in [1.54, 1.807) is 4.90 Å². The van der Waals surface area contributed by atoms with E-state index in [0.29, 0.717) is 18.3 Å². The molecule has 1 fully saturated rings. The quantitative estimate of drug-likeness (QED) is 0.745. The molecule has 0 spiro atoms. The largest absolute Gasteiger partial charge is 0.355 e. The fourth-order valence-corrected chi connectivity index (χ4v) is 4.79. The number of likely N-dealkylation sites (tertiary alicyclic amines) is 1. The topological polar surface area (TPSA) is 52.7 Å². The second-order valence-electron chi connectivity index (χ2n) is 7.03. The van der Waals surface area contributed by atoms with Crippen molar-refractivity contribution in [1.82, 2.24) is 10.2 Å². The Morgan fingerprint density at radius 2 is 2.15 bits per heavy atom. The maximum atomic E-state index is 12.3. The number of thioether (sulfide) groups is 1. The minimum Gasteiger partial charge on any atom is -0.355 e. The Bertz CT molecular complexity index is 637. The van der Waals surface area contributed by atoms with Crippen LogP contribution in [0.15, 0.2) is 29.2 Å². The number of fused-ring (bicyclic) bond motifs is 1. The number of para-hydroxylation sites is 1. The van der Waals surface area contributed by atoms with Crippen molar-refractivity contribution in [3.05, 3.63) is 24.3 Å². The van der Waals surface area contributed by atoms with E-state index in [4.69, 9.17) is 0 Å². The van der Waals surface area contributed by atoms with Gasteiger partial charge in [0.2, 0.25) is 11.8 Å². The summed E-state index contributed by atoms with van der Waals surface area (Å²) in [4.78, 5) is 29.8. The predicted molar refractivity (Wildman–Crippen MR) is 107 cm³/mol. The molecule has 2 aliphatic heterocycles. The van der Waals surface area contributed by atoms with Gasteiger partial charge in [0.05, 0.1) is 11.4 Å². The Hall–Kier alpha value is -1.53. The summed E-state index contributed by atoms with van der Waals surface area (Å²) in [7, 11) is 0. The molecular formula is C20H29N3O2S. The van der Waals surface area contributed by atoms with Crippen LogP contribution in [0.4, 0.5) is 5.69 Å². The van der Waals surface area contributed by atoms with Gasteiger partial charge in [-0.3, -0.25) is 9.59 Å². The van der Waals surface area contributed by atoms with Crippen LogP contribution >= 0.6 is 11.8 Å². The van der Waals surface area contributed by atoms with Crippen molar-refractivity contribution < 1.29 is 9.59 Å². The lowest BCUT2D eigenvalue weighted by Gasteiger charge is -2.35. The van der Waals surface area contributed by atoms with E-state index in [2.05, 4.69) is 17.1 Å². The van der Waals surface area contributed by atoms with Gasteiger partial charge in [-0.1, -0.05) is 25.5 Å². The minimum absolute atomic E-state index is 0.00274. The van der Waals surface area contributed by atoms with Gasteiger partial charge in [0.15, 0.2) is 0 Å². The average Bonchev–Trinajstić information content (AvgIpc) is 2.68. The highest BCUT2D eigenvalue weighted by molar-refractivity contribution is 8.00. The summed E-state index contributed by atoms with van der Waals surface area (Å²) >= 11 is 1.54. The molecule has 0 aromatic heterocycles.